The van der Waals surface area contributed by atoms with Gasteiger partial charge in [0.25, 0.3) is 0 Å². The number of nitrogens with one attached hydrogen (secondary N) is 1. The van der Waals surface area contributed by atoms with Crippen LogP contribution in [-0.2, 0) is 22.6 Å². The molecule has 2 saturated heterocycles. The molecule has 1 unspecified atom stereocenters. The van der Waals surface area contributed by atoms with E-state index in [9.17, 15) is 4.79 Å². The van der Waals surface area contributed by atoms with Gasteiger partial charge in [-0.05, 0) is 35.6 Å². The third-order valence-corrected chi connectivity index (χ3v) is 6.10. The van der Waals surface area contributed by atoms with Crippen molar-refractivity contribution in [1.82, 2.24) is 15.1 Å². The molecular weight excluding hydrogens is 515 g/mol. The Morgan fingerprint density at radius 3 is 2.72 bits per heavy atom. The fourth-order valence-corrected chi connectivity index (χ4v) is 4.42. The average molecular weight is 548 g/mol. The molecule has 2 aromatic carbocycles. The van der Waals surface area contributed by atoms with Gasteiger partial charge in [-0.1, -0.05) is 48.5 Å². The second-order valence-corrected chi connectivity index (χ2v) is 8.30. The molecule has 0 spiro atoms. The number of aryl methyl sites for hydroxylation is 1. The van der Waals surface area contributed by atoms with E-state index in [4.69, 9.17) is 4.74 Å². The van der Waals surface area contributed by atoms with Crippen LogP contribution in [-0.4, -0.2) is 55.0 Å². The Morgan fingerprint density at radius 1 is 1.16 bits per heavy atom. The monoisotopic (exact) mass is 548 g/mol. The van der Waals surface area contributed by atoms with Crippen molar-refractivity contribution in [2.45, 2.75) is 39.0 Å². The van der Waals surface area contributed by atoms with Crippen LogP contribution in [0.4, 0.5) is 0 Å². The van der Waals surface area contributed by atoms with Crippen molar-refractivity contribution < 1.29 is 9.53 Å². The highest BCUT2D eigenvalue weighted by Crippen LogP contribution is 2.25. The Labute approximate surface area is 208 Å². The van der Waals surface area contributed by atoms with Crippen LogP contribution < -0.4 is 5.32 Å². The summed E-state index contributed by atoms with van der Waals surface area (Å²) in [4.78, 5) is 20.7. The summed E-state index contributed by atoms with van der Waals surface area (Å²) in [6, 6.07) is 16.9. The maximum Gasteiger partial charge on any atom is 0.222 e. The summed E-state index contributed by atoms with van der Waals surface area (Å²) in [5, 5.41) is 3.51. The van der Waals surface area contributed by atoms with Crippen molar-refractivity contribution in [3.63, 3.8) is 0 Å². The van der Waals surface area contributed by atoms with E-state index in [-0.39, 0.29) is 36.0 Å². The van der Waals surface area contributed by atoms with Crippen LogP contribution in [0.5, 0.6) is 0 Å². The number of aliphatic imine (C=N–C) groups is 1. The van der Waals surface area contributed by atoms with Gasteiger partial charge in [-0.2, -0.15) is 0 Å². The molecule has 7 heteroatoms. The van der Waals surface area contributed by atoms with Crippen LogP contribution in [0.2, 0.25) is 0 Å². The summed E-state index contributed by atoms with van der Waals surface area (Å²) in [6.07, 6.45) is 1.70. The van der Waals surface area contributed by atoms with E-state index in [0.717, 1.165) is 32.0 Å². The highest BCUT2D eigenvalue weighted by molar-refractivity contribution is 14.0. The number of amides is 1. The molecular formula is C25H33IN4O2. The first kappa shape index (κ1) is 24.5. The second kappa shape index (κ2) is 11.7. The van der Waals surface area contributed by atoms with E-state index in [1.54, 1.807) is 0 Å². The van der Waals surface area contributed by atoms with Crippen molar-refractivity contribution >= 4 is 35.8 Å². The molecule has 1 amide bonds. The van der Waals surface area contributed by atoms with Crippen LogP contribution in [0.1, 0.15) is 41.2 Å². The molecule has 1 atom stereocenters. The molecule has 0 aliphatic carbocycles. The van der Waals surface area contributed by atoms with Crippen LogP contribution in [0.15, 0.2) is 53.5 Å². The molecule has 6 nitrogen and oxygen atoms in total. The van der Waals surface area contributed by atoms with Gasteiger partial charge in [-0.3, -0.25) is 9.79 Å². The number of hydrogen-bond acceptors (Lipinski definition) is 3. The molecule has 2 aliphatic heterocycles. The number of carbonyl (C=O) groups excluding carboxylic acids is 1. The van der Waals surface area contributed by atoms with Crippen LogP contribution >= 0.6 is 24.0 Å². The number of carbonyl (C=O) groups is 1. The summed E-state index contributed by atoms with van der Waals surface area (Å²) >= 11 is 0. The van der Waals surface area contributed by atoms with Crippen molar-refractivity contribution in [2.75, 3.05) is 33.3 Å². The predicted octanol–water partition coefficient (Wildman–Crippen LogP) is 3.88. The zero-order valence-electron chi connectivity index (χ0n) is 18.9. The normalized spacial score (nSPS) is 19.1. The van der Waals surface area contributed by atoms with Gasteiger partial charge in [0.05, 0.1) is 13.2 Å². The molecule has 0 aromatic heterocycles. The van der Waals surface area contributed by atoms with E-state index in [1.165, 1.54) is 22.3 Å². The highest BCUT2D eigenvalue weighted by atomic mass is 127. The van der Waals surface area contributed by atoms with Crippen LogP contribution in [0.3, 0.4) is 0 Å². The minimum atomic E-state index is 0. The van der Waals surface area contributed by atoms with E-state index in [2.05, 4.69) is 70.7 Å². The lowest BCUT2D eigenvalue weighted by Crippen LogP contribution is -2.48. The van der Waals surface area contributed by atoms with Crippen molar-refractivity contribution in [2.24, 2.45) is 4.99 Å². The molecule has 0 bridgehead atoms. The zero-order chi connectivity index (χ0) is 21.6. The lowest BCUT2D eigenvalue weighted by atomic mass is 10.0. The lowest BCUT2D eigenvalue weighted by molar-refractivity contribution is -0.128. The Kier molecular flexibility index (Phi) is 8.92. The minimum absolute atomic E-state index is 0. The first-order valence-corrected chi connectivity index (χ1v) is 11.1. The number of benzene rings is 2. The van der Waals surface area contributed by atoms with Gasteiger partial charge in [-0.25, -0.2) is 0 Å². The molecule has 0 saturated carbocycles. The second-order valence-electron chi connectivity index (χ2n) is 8.30. The molecule has 4 rings (SSSR count). The molecule has 0 radical (unpaired) electrons. The fraction of sp³-hybridized carbons (Fsp3) is 0.440. The van der Waals surface area contributed by atoms with Crippen molar-refractivity contribution in [3.8, 4) is 0 Å². The lowest BCUT2D eigenvalue weighted by Gasteiger charge is -2.35. The Morgan fingerprint density at radius 2 is 1.97 bits per heavy atom. The standard InChI is InChI=1S/C25H32N4O2.HI/c1-19-7-3-4-10-22(19)23-18-29(13-14-31-23)25(26-2)27-16-20-8-5-9-21(15-20)17-28-12-6-11-24(28)30;/h3-5,7-10,15,23H,6,11-14,16-18H2,1-2H3,(H,26,27);1H. The van der Waals surface area contributed by atoms with Gasteiger partial charge < -0.3 is 19.9 Å². The number of likely N-dealkylation sites (tertiary alicyclic amines) is 1. The number of morpholine rings is 1. The van der Waals surface area contributed by atoms with Crippen molar-refractivity contribution in [1.29, 1.82) is 0 Å². The van der Waals surface area contributed by atoms with Crippen molar-refractivity contribution in [3.05, 3.63) is 70.8 Å². The number of hydrogen-bond donors (Lipinski definition) is 1. The van der Waals surface area contributed by atoms with E-state index < -0.39 is 0 Å². The van der Waals surface area contributed by atoms with E-state index in [0.29, 0.717) is 26.1 Å². The summed E-state index contributed by atoms with van der Waals surface area (Å²) in [5.74, 6) is 1.15. The largest absolute Gasteiger partial charge is 0.370 e. The van der Waals surface area contributed by atoms with Gasteiger partial charge in [0, 0.05) is 39.6 Å². The van der Waals surface area contributed by atoms with Gasteiger partial charge in [-0.15, -0.1) is 24.0 Å². The number of halogens is 1. The fourth-order valence-electron chi connectivity index (χ4n) is 4.42. The molecule has 1 N–H and O–H groups in total. The Balaban J connectivity index is 0.00000289. The molecule has 2 fully saturated rings. The average Bonchev–Trinajstić information content (AvgIpc) is 3.19. The first-order valence-electron chi connectivity index (χ1n) is 11.1. The summed E-state index contributed by atoms with van der Waals surface area (Å²) < 4.78 is 6.06. The molecule has 172 valence electrons. The zero-order valence-corrected chi connectivity index (χ0v) is 21.2. The van der Waals surface area contributed by atoms with Gasteiger partial charge in [0.2, 0.25) is 5.91 Å². The highest BCUT2D eigenvalue weighted by Gasteiger charge is 2.25. The summed E-state index contributed by atoms with van der Waals surface area (Å²) in [6.45, 7) is 6.67. The predicted molar refractivity (Wildman–Crippen MR) is 138 cm³/mol. The van der Waals surface area contributed by atoms with Crippen LogP contribution in [0, 0.1) is 6.92 Å². The first-order chi connectivity index (χ1) is 15.1. The smallest absolute Gasteiger partial charge is 0.222 e. The number of guanidine groups is 1. The summed E-state index contributed by atoms with van der Waals surface area (Å²) in [5.41, 5.74) is 4.86. The van der Waals surface area contributed by atoms with Gasteiger partial charge in [0.15, 0.2) is 5.96 Å². The molecule has 2 aromatic rings. The Hall–Kier alpha value is -2.13. The summed E-state index contributed by atoms with van der Waals surface area (Å²) in [7, 11) is 1.83. The number of rotatable bonds is 5. The van der Waals surface area contributed by atoms with E-state index in [1.807, 2.05) is 11.9 Å². The third-order valence-electron chi connectivity index (χ3n) is 6.10. The number of ether oxygens (including phenoxy) is 1. The Bertz CT molecular complexity index is 949. The topological polar surface area (TPSA) is 57.2 Å². The quantitative estimate of drug-likeness (QED) is 0.350. The molecule has 2 heterocycles. The maximum absolute atomic E-state index is 11.9. The maximum atomic E-state index is 11.9. The van der Waals surface area contributed by atoms with Gasteiger partial charge >= 0.3 is 0 Å². The van der Waals surface area contributed by atoms with Crippen LogP contribution in [0.25, 0.3) is 0 Å². The molecule has 32 heavy (non-hydrogen) atoms. The number of nitrogens with zero attached hydrogens (tertiary/aromatic N) is 3. The SMILES string of the molecule is CN=C(NCc1cccc(CN2CCCC2=O)c1)N1CCOC(c2ccccc2C)C1.I. The third kappa shape index (κ3) is 6.01. The minimum Gasteiger partial charge on any atom is -0.370 e. The van der Waals surface area contributed by atoms with Gasteiger partial charge in [0.1, 0.15) is 6.10 Å². The van der Waals surface area contributed by atoms with E-state index >= 15 is 0 Å². The molecule has 2 aliphatic rings.